The summed E-state index contributed by atoms with van der Waals surface area (Å²) >= 11 is 0. The monoisotopic (exact) mass is 156 g/mol. The molecule has 0 aliphatic rings. The average molecular weight is 156 g/mol. The van der Waals surface area contributed by atoms with Crippen LogP contribution in [0.1, 0.15) is 5.56 Å². The van der Waals surface area contributed by atoms with Crippen LogP contribution in [0.25, 0.3) is 0 Å². The van der Waals surface area contributed by atoms with Crippen LogP contribution < -0.4 is 0 Å². The number of rotatable bonds is 2. The molecule has 2 rings (SSSR count). The van der Waals surface area contributed by atoms with Gasteiger partial charge < -0.3 is 4.57 Å². The first-order valence-corrected chi connectivity index (χ1v) is 3.97. The lowest BCUT2D eigenvalue weighted by molar-refractivity contribution is 0.995. The standard InChI is InChI=1S/C11H10N/c1-2-6-11(7-3-1)10-12-8-4-5-9-12/h1-10H. The van der Waals surface area contributed by atoms with Gasteiger partial charge in [-0.1, -0.05) is 30.3 Å². The second-order valence-electron chi connectivity index (χ2n) is 2.67. The van der Waals surface area contributed by atoms with Crippen LogP contribution in [0, 0.1) is 6.54 Å². The fraction of sp³-hybridized carbons (Fsp3) is 0. The van der Waals surface area contributed by atoms with E-state index in [9.17, 15) is 0 Å². The molecule has 0 bridgehead atoms. The normalized spacial score (nSPS) is 10.0. The Morgan fingerprint density at radius 2 is 1.50 bits per heavy atom. The van der Waals surface area contributed by atoms with Gasteiger partial charge in [0.2, 0.25) is 0 Å². The first-order chi connectivity index (χ1) is 5.95. The molecule has 59 valence electrons. The van der Waals surface area contributed by atoms with E-state index in [1.165, 1.54) is 5.56 Å². The molecule has 0 N–H and O–H groups in total. The molecule has 0 spiro atoms. The minimum Gasteiger partial charge on any atom is -0.344 e. The van der Waals surface area contributed by atoms with Crippen molar-refractivity contribution in [3.05, 3.63) is 67.0 Å². The van der Waals surface area contributed by atoms with Crippen LogP contribution in [0.3, 0.4) is 0 Å². The van der Waals surface area contributed by atoms with Crippen molar-refractivity contribution in [2.45, 2.75) is 0 Å². The molecule has 0 unspecified atom stereocenters. The zero-order chi connectivity index (χ0) is 8.23. The van der Waals surface area contributed by atoms with Gasteiger partial charge in [0.15, 0.2) is 0 Å². The summed E-state index contributed by atoms with van der Waals surface area (Å²) in [5.74, 6) is 0. The van der Waals surface area contributed by atoms with E-state index in [0.29, 0.717) is 0 Å². The van der Waals surface area contributed by atoms with Gasteiger partial charge in [0.25, 0.3) is 0 Å². The molecule has 0 saturated carbocycles. The molecule has 0 atom stereocenters. The van der Waals surface area contributed by atoms with Crippen LogP contribution in [0.15, 0.2) is 54.9 Å². The SMILES string of the molecule is [CH](c1ccccc1)n1cccc1. The highest BCUT2D eigenvalue weighted by Gasteiger charge is 1.91. The van der Waals surface area contributed by atoms with Crippen molar-refractivity contribution in [3.8, 4) is 0 Å². The molecular formula is C11H10N. The van der Waals surface area contributed by atoms with Crippen molar-refractivity contribution in [1.29, 1.82) is 0 Å². The second kappa shape index (κ2) is 3.26. The second-order valence-corrected chi connectivity index (χ2v) is 2.67. The maximum absolute atomic E-state index is 2.08. The fourth-order valence-electron chi connectivity index (χ4n) is 1.15. The summed E-state index contributed by atoms with van der Waals surface area (Å²) in [6, 6.07) is 14.3. The summed E-state index contributed by atoms with van der Waals surface area (Å²) in [5.41, 5.74) is 1.22. The molecule has 1 radical (unpaired) electrons. The molecule has 12 heavy (non-hydrogen) atoms. The van der Waals surface area contributed by atoms with Crippen molar-refractivity contribution in [3.63, 3.8) is 0 Å². The minimum absolute atomic E-state index is 1.22. The van der Waals surface area contributed by atoms with Gasteiger partial charge in [-0.15, -0.1) is 0 Å². The lowest BCUT2D eigenvalue weighted by atomic mass is 10.2. The van der Waals surface area contributed by atoms with Crippen LogP contribution >= 0.6 is 0 Å². The quantitative estimate of drug-likeness (QED) is 0.629. The van der Waals surface area contributed by atoms with Gasteiger partial charge >= 0.3 is 0 Å². The van der Waals surface area contributed by atoms with E-state index in [0.717, 1.165) is 0 Å². The molecule has 1 heterocycles. The first-order valence-electron chi connectivity index (χ1n) is 3.97. The lowest BCUT2D eigenvalue weighted by Crippen LogP contribution is -1.91. The van der Waals surface area contributed by atoms with Crippen LogP contribution in [-0.4, -0.2) is 4.57 Å². The van der Waals surface area contributed by atoms with Crippen molar-refractivity contribution in [1.82, 2.24) is 4.57 Å². The van der Waals surface area contributed by atoms with E-state index < -0.39 is 0 Å². The molecule has 1 nitrogen and oxygen atoms in total. The summed E-state index contributed by atoms with van der Waals surface area (Å²) in [6.45, 7) is 2.08. The highest BCUT2D eigenvalue weighted by molar-refractivity contribution is 5.23. The smallest absolute Gasteiger partial charge is 0.0828 e. The van der Waals surface area contributed by atoms with Gasteiger partial charge in [-0.2, -0.15) is 0 Å². The summed E-state index contributed by atoms with van der Waals surface area (Å²) in [7, 11) is 0. The van der Waals surface area contributed by atoms with Gasteiger partial charge in [0.05, 0.1) is 6.54 Å². The molecular weight excluding hydrogens is 146 g/mol. The van der Waals surface area contributed by atoms with E-state index in [4.69, 9.17) is 0 Å². The Bertz CT molecular complexity index is 321. The Morgan fingerprint density at radius 3 is 2.17 bits per heavy atom. The zero-order valence-corrected chi connectivity index (χ0v) is 6.72. The van der Waals surface area contributed by atoms with Crippen LogP contribution in [0.2, 0.25) is 0 Å². The largest absolute Gasteiger partial charge is 0.344 e. The predicted octanol–water partition coefficient (Wildman–Crippen LogP) is 2.55. The predicted molar refractivity (Wildman–Crippen MR) is 49.7 cm³/mol. The van der Waals surface area contributed by atoms with Crippen molar-refractivity contribution >= 4 is 0 Å². The maximum atomic E-state index is 2.08. The number of aromatic nitrogens is 1. The Hall–Kier alpha value is -1.50. The minimum atomic E-state index is 1.22. The third kappa shape index (κ3) is 1.56. The van der Waals surface area contributed by atoms with Crippen LogP contribution in [-0.2, 0) is 0 Å². The molecule has 0 fully saturated rings. The molecule has 1 heteroatoms. The topological polar surface area (TPSA) is 4.93 Å². The van der Waals surface area contributed by atoms with Crippen LogP contribution in [0.4, 0.5) is 0 Å². The van der Waals surface area contributed by atoms with Crippen LogP contribution in [0.5, 0.6) is 0 Å². The molecule has 1 aromatic carbocycles. The van der Waals surface area contributed by atoms with E-state index in [-0.39, 0.29) is 0 Å². The summed E-state index contributed by atoms with van der Waals surface area (Å²) in [5, 5.41) is 0. The molecule has 0 amide bonds. The van der Waals surface area contributed by atoms with Gasteiger partial charge in [-0.25, -0.2) is 0 Å². The molecule has 0 aliphatic carbocycles. The lowest BCUT2D eigenvalue weighted by Gasteiger charge is -2.00. The van der Waals surface area contributed by atoms with Crippen molar-refractivity contribution in [2.24, 2.45) is 0 Å². The van der Waals surface area contributed by atoms with E-state index in [1.807, 2.05) is 47.3 Å². The van der Waals surface area contributed by atoms with Gasteiger partial charge in [-0.05, 0) is 17.7 Å². The van der Waals surface area contributed by atoms with Crippen molar-refractivity contribution in [2.75, 3.05) is 0 Å². The fourth-order valence-corrected chi connectivity index (χ4v) is 1.15. The summed E-state index contributed by atoms with van der Waals surface area (Å²) in [4.78, 5) is 0. The Balaban J connectivity index is 2.15. The Labute approximate surface area is 72.3 Å². The van der Waals surface area contributed by atoms with E-state index in [2.05, 4.69) is 18.7 Å². The third-order valence-electron chi connectivity index (χ3n) is 1.73. The van der Waals surface area contributed by atoms with E-state index >= 15 is 0 Å². The maximum Gasteiger partial charge on any atom is 0.0828 e. The highest BCUT2D eigenvalue weighted by Crippen LogP contribution is 2.04. The molecule has 0 aliphatic heterocycles. The van der Waals surface area contributed by atoms with Gasteiger partial charge in [0.1, 0.15) is 0 Å². The molecule has 0 saturated heterocycles. The summed E-state index contributed by atoms with van der Waals surface area (Å²) in [6.07, 6.45) is 4.04. The highest BCUT2D eigenvalue weighted by atomic mass is 14.9. The first kappa shape index (κ1) is 7.17. The number of benzene rings is 1. The number of hydrogen-bond donors (Lipinski definition) is 0. The average Bonchev–Trinajstić information content (AvgIpc) is 2.59. The zero-order valence-electron chi connectivity index (χ0n) is 6.72. The number of hydrogen-bond acceptors (Lipinski definition) is 0. The summed E-state index contributed by atoms with van der Waals surface area (Å²) < 4.78 is 2.04. The van der Waals surface area contributed by atoms with E-state index in [1.54, 1.807) is 0 Å². The molecule has 2 aromatic rings. The Kier molecular flexibility index (Phi) is 1.95. The van der Waals surface area contributed by atoms with Crippen molar-refractivity contribution < 1.29 is 0 Å². The number of nitrogens with zero attached hydrogens (tertiary/aromatic N) is 1. The van der Waals surface area contributed by atoms with Gasteiger partial charge in [-0.3, -0.25) is 0 Å². The third-order valence-corrected chi connectivity index (χ3v) is 1.73. The van der Waals surface area contributed by atoms with Gasteiger partial charge in [0, 0.05) is 12.4 Å². The Morgan fingerprint density at radius 1 is 0.833 bits per heavy atom. The molecule has 1 aromatic heterocycles.